The first-order valence-electron chi connectivity index (χ1n) is 14.8. The lowest BCUT2D eigenvalue weighted by Gasteiger charge is -2.26. The Morgan fingerprint density at radius 2 is 1.93 bits per heavy atom. The molecule has 0 bridgehead atoms. The van der Waals surface area contributed by atoms with E-state index in [1.165, 1.54) is 19.3 Å². The van der Waals surface area contributed by atoms with Gasteiger partial charge >= 0.3 is 0 Å². The summed E-state index contributed by atoms with van der Waals surface area (Å²) in [6, 6.07) is 15.4. The predicted molar refractivity (Wildman–Crippen MR) is 179 cm³/mol. The summed E-state index contributed by atoms with van der Waals surface area (Å²) < 4.78 is 8.51. The van der Waals surface area contributed by atoms with E-state index in [4.69, 9.17) is 10.5 Å². The van der Waals surface area contributed by atoms with E-state index in [0.29, 0.717) is 29.5 Å². The number of carbonyl (C=O) groups is 2. The number of nitrogens with one attached hydrogen (secondary N) is 2. The first-order chi connectivity index (χ1) is 21.4. The highest BCUT2D eigenvalue weighted by Gasteiger charge is 2.18. The van der Waals surface area contributed by atoms with Crippen LogP contribution in [0.2, 0.25) is 0 Å². The van der Waals surface area contributed by atoms with Gasteiger partial charge in [-0.15, -0.1) is 11.3 Å². The van der Waals surface area contributed by atoms with Crippen LogP contribution >= 0.6 is 11.3 Å². The van der Waals surface area contributed by atoms with Crippen LogP contribution in [0.25, 0.3) is 38.2 Å². The summed E-state index contributed by atoms with van der Waals surface area (Å²) in [7, 11) is 3.46. The second-order valence-electron chi connectivity index (χ2n) is 11.0. The van der Waals surface area contributed by atoms with Crippen LogP contribution < -0.4 is 21.1 Å². The number of benzene rings is 2. The molecule has 1 aliphatic heterocycles. The molecule has 0 saturated carbocycles. The van der Waals surface area contributed by atoms with Gasteiger partial charge in [0.15, 0.2) is 0 Å². The van der Waals surface area contributed by atoms with Crippen molar-refractivity contribution in [2.24, 2.45) is 7.05 Å². The van der Waals surface area contributed by atoms with Crippen molar-refractivity contribution in [2.75, 3.05) is 44.3 Å². The maximum atomic E-state index is 13.2. The number of likely N-dealkylation sites (tertiary alicyclic amines) is 1. The number of nitrogens with two attached hydrogens (primary N) is 1. The van der Waals surface area contributed by atoms with Gasteiger partial charge in [0.25, 0.3) is 5.91 Å². The molecule has 2 aromatic carbocycles. The Bertz CT molecular complexity index is 1870. The van der Waals surface area contributed by atoms with E-state index >= 15 is 0 Å². The van der Waals surface area contributed by atoms with Gasteiger partial charge in [-0.3, -0.25) is 9.59 Å². The molecule has 1 saturated heterocycles. The number of piperidine rings is 1. The Morgan fingerprint density at radius 1 is 1.11 bits per heavy atom. The van der Waals surface area contributed by atoms with Crippen molar-refractivity contribution in [3.05, 3.63) is 77.4 Å². The van der Waals surface area contributed by atoms with Crippen molar-refractivity contribution >= 4 is 61.7 Å². The standard InChI is InChI=1S/C34H36N6O3S/c1-39-27-9-5-4-8-23(27)18-28(39)34(42)38-26-12-10-22(19-29(26)43-2)25-21-44-32-24(20-37-33(35)31(25)32)11-13-30(41)36-14-17-40-15-6-3-7-16-40/h4-5,8-13,18-21H,3,6-7,14-17H2,1-2H3,(H2,35,37)(H,36,41)(H,38,42). The van der Waals surface area contributed by atoms with Crippen LogP contribution in [0.5, 0.6) is 5.75 Å². The summed E-state index contributed by atoms with van der Waals surface area (Å²) >= 11 is 1.54. The number of nitrogen functional groups attached to an aromatic ring is 1. The molecule has 4 heterocycles. The number of aryl methyl sites for hydroxylation is 1. The fourth-order valence-electron chi connectivity index (χ4n) is 5.82. The minimum Gasteiger partial charge on any atom is -0.495 e. The van der Waals surface area contributed by atoms with Crippen LogP contribution in [-0.4, -0.2) is 59.6 Å². The maximum absolute atomic E-state index is 13.2. The Labute approximate surface area is 260 Å². The molecule has 1 fully saturated rings. The number of nitrogens with zero attached hydrogens (tertiary/aromatic N) is 3. The number of aromatic nitrogens is 2. The van der Waals surface area contributed by atoms with Gasteiger partial charge in [0.05, 0.1) is 12.8 Å². The van der Waals surface area contributed by atoms with Gasteiger partial charge in [-0.1, -0.05) is 30.7 Å². The normalized spacial score (nSPS) is 14.0. The molecule has 3 aromatic heterocycles. The highest BCUT2D eigenvalue weighted by atomic mass is 32.1. The number of ether oxygens (including phenoxy) is 1. The SMILES string of the molecule is COc1cc(-c2csc3c(C=CC(=O)NCCN4CCCCC4)cnc(N)c23)ccc1NC(=O)c1cc2ccccc2n1C. The monoisotopic (exact) mass is 608 g/mol. The number of anilines is 2. The fraction of sp³-hybridized carbons (Fsp3) is 0.265. The Balaban J connectivity index is 1.20. The average Bonchev–Trinajstić information content (AvgIpc) is 3.64. The van der Waals surface area contributed by atoms with E-state index in [-0.39, 0.29) is 11.8 Å². The molecule has 44 heavy (non-hydrogen) atoms. The summed E-state index contributed by atoms with van der Waals surface area (Å²) in [4.78, 5) is 32.6. The van der Waals surface area contributed by atoms with Gasteiger partial charge in [0.2, 0.25) is 5.91 Å². The number of thiophene rings is 1. The maximum Gasteiger partial charge on any atom is 0.272 e. The predicted octanol–water partition coefficient (Wildman–Crippen LogP) is 5.91. The Morgan fingerprint density at radius 3 is 2.73 bits per heavy atom. The van der Waals surface area contributed by atoms with Crippen molar-refractivity contribution < 1.29 is 14.3 Å². The summed E-state index contributed by atoms with van der Waals surface area (Å²) in [6.07, 6.45) is 8.80. The van der Waals surface area contributed by atoms with E-state index in [1.54, 1.807) is 36.8 Å². The number of hydrogen-bond acceptors (Lipinski definition) is 7. The van der Waals surface area contributed by atoms with Crippen molar-refractivity contribution in [3.8, 4) is 16.9 Å². The minimum absolute atomic E-state index is 0.130. The van der Waals surface area contributed by atoms with Crippen molar-refractivity contribution in [2.45, 2.75) is 19.3 Å². The minimum atomic E-state index is -0.226. The largest absolute Gasteiger partial charge is 0.495 e. The number of para-hydroxylation sites is 1. The molecule has 9 nitrogen and oxygen atoms in total. The van der Waals surface area contributed by atoms with Crippen LogP contribution in [0.15, 0.2) is 66.2 Å². The number of methoxy groups -OCH3 is 1. The van der Waals surface area contributed by atoms with Crippen molar-refractivity contribution in [3.63, 3.8) is 0 Å². The number of pyridine rings is 1. The van der Waals surface area contributed by atoms with E-state index in [1.807, 2.05) is 65.5 Å². The lowest BCUT2D eigenvalue weighted by atomic mass is 10.0. The molecule has 0 atom stereocenters. The molecule has 10 heteroatoms. The highest BCUT2D eigenvalue weighted by molar-refractivity contribution is 7.18. The van der Waals surface area contributed by atoms with Crippen LogP contribution in [0.1, 0.15) is 35.3 Å². The number of hydrogen-bond donors (Lipinski definition) is 3. The molecule has 1 aliphatic rings. The third kappa shape index (κ3) is 6.04. The van der Waals surface area contributed by atoms with Crippen molar-refractivity contribution in [1.29, 1.82) is 0 Å². The quantitative estimate of drug-likeness (QED) is 0.179. The fourth-order valence-corrected chi connectivity index (χ4v) is 6.90. The third-order valence-corrected chi connectivity index (χ3v) is 9.22. The lowest BCUT2D eigenvalue weighted by Crippen LogP contribution is -2.37. The molecule has 6 rings (SSSR count). The molecule has 2 amide bonds. The molecule has 5 aromatic rings. The van der Waals surface area contributed by atoms with Gasteiger partial charge in [-0.2, -0.15) is 0 Å². The molecule has 0 radical (unpaired) electrons. The zero-order chi connectivity index (χ0) is 30.6. The third-order valence-electron chi connectivity index (χ3n) is 8.19. The Hall–Kier alpha value is -4.67. The van der Waals surface area contributed by atoms with E-state index < -0.39 is 0 Å². The number of rotatable bonds is 9. The number of amides is 2. The molecule has 226 valence electrons. The van der Waals surface area contributed by atoms with Crippen LogP contribution in [0.4, 0.5) is 11.5 Å². The van der Waals surface area contributed by atoms with Crippen LogP contribution in [0, 0.1) is 0 Å². The Kier molecular flexibility index (Phi) is 8.63. The zero-order valence-electron chi connectivity index (χ0n) is 24.9. The summed E-state index contributed by atoms with van der Waals surface area (Å²) in [6.45, 7) is 3.71. The molecule has 0 spiro atoms. The van der Waals surface area contributed by atoms with Crippen LogP contribution in [-0.2, 0) is 11.8 Å². The second kappa shape index (κ2) is 12.9. The summed E-state index contributed by atoms with van der Waals surface area (Å²) in [5.41, 5.74) is 11.1. The van der Waals surface area contributed by atoms with E-state index in [2.05, 4.69) is 20.5 Å². The van der Waals surface area contributed by atoms with Gasteiger partial charge < -0.3 is 30.6 Å². The lowest BCUT2D eigenvalue weighted by molar-refractivity contribution is -0.116. The van der Waals surface area contributed by atoms with Gasteiger partial charge in [0, 0.05) is 64.5 Å². The summed E-state index contributed by atoms with van der Waals surface area (Å²) in [5, 5.41) is 9.84. The van der Waals surface area contributed by atoms with Gasteiger partial charge in [-0.05, 0) is 67.2 Å². The average molecular weight is 609 g/mol. The molecule has 0 unspecified atom stereocenters. The van der Waals surface area contributed by atoms with E-state index in [0.717, 1.165) is 57.3 Å². The number of carbonyl (C=O) groups excluding carboxylic acids is 2. The van der Waals surface area contributed by atoms with Crippen LogP contribution in [0.3, 0.4) is 0 Å². The first kappa shape index (κ1) is 29.4. The second-order valence-corrected chi connectivity index (χ2v) is 11.9. The molecule has 4 N–H and O–H groups in total. The highest BCUT2D eigenvalue weighted by Crippen LogP contribution is 2.41. The first-order valence-corrected chi connectivity index (χ1v) is 15.7. The van der Waals surface area contributed by atoms with Gasteiger partial charge in [0.1, 0.15) is 17.3 Å². The molecular formula is C34H36N6O3S. The molecule has 0 aliphatic carbocycles. The van der Waals surface area contributed by atoms with Gasteiger partial charge in [-0.25, -0.2) is 4.98 Å². The number of fused-ring (bicyclic) bond motifs is 2. The van der Waals surface area contributed by atoms with E-state index in [9.17, 15) is 9.59 Å². The van der Waals surface area contributed by atoms with Crippen molar-refractivity contribution in [1.82, 2.24) is 19.8 Å². The smallest absolute Gasteiger partial charge is 0.272 e. The summed E-state index contributed by atoms with van der Waals surface area (Å²) in [5.74, 6) is 0.579. The molecular weight excluding hydrogens is 572 g/mol. The topological polar surface area (TPSA) is 115 Å². The zero-order valence-corrected chi connectivity index (χ0v) is 25.7.